The number of hydrogen-bond acceptors (Lipinski definition) is 5. The smallest absolute Gasteiger partial charge is 0.336 e. The van der Waals surface area contributed by atoms with Crippen LogP contribution in [0.1, 0.15) is 33.6 Å². The molecule has 138 valence electrons. The zero-order valence-corrected chi connectivity index (χ0v) is 15.4. The lowest BCUT2D eigenvalue weighted by molar-refractivity contribution is -0.157. The van der Waals surface area contributed by atoms with Gasteiger partial charge in [0, 0.05) is 35.8 Å². The predicted octanol–water partition coefficient (Wildman–Crippen LogP) is 4.10. The first-order valence-electron chi connectivity index (χ1n) is 8.79. The van der Waals surface area contributed by atoms with Gasteiger partial charge in [0.2, 0.25) is 0 Å². The molecule has 0 amide bonds. The normalized spacial score (nSPS) is 22.2. The van der Waals surface area contributed by atoms with Crippen LogP contribution in [0.3, 0.4) is 0 Å². The van der Waals surface area contributed by atoms with Crippen molar-refractivity contribution in [2.24, 2.45) is 11.3 Å². The van der Waals surface area contributed by atoms with E-state index >= 15 is 0 Å². The van der Waals surface area contributed by atoms with E-state index in [-0.39, 0.29) is 29.0 Å². The second-order valence-electron chi connectivity index (χ2n) is 7.43. The summed E-state index contributed by atoms with van der Waals surface area (Å²) in [4.78, 5) is 22.8. The summed E-state index contributed by atoms with van der Waals surface area (Å²) in [5, 5.41) is 0.842. The number of fused-ring (bicyclic) bond motifs is 1. The van der Waals surface area contributed by atoms with Crippen molar-refractivity contribution in [3.05, 3.63) is 52.9 Å². The molecule has 0 saturated heterocycles. The van der Waals surface area contributed by atoms with Gasteiger partial charge in [-0.1, -0.05) is 26.0 Å². The first kappa shape index (κ1) is 18.2. The van der Waals surface area contributed by atoms with E-state index < -0.39 is 0 Å². The molecule has 1 fully saturated rings. The highest BCUT2D eigenvalue weighted by Crippen LogP contribution is 2.45. The molecule has 0 unspecified atom stereocenters. The molecule has 2 aromatic rings. The van der Waals surface area contributed by atoms with Crippen LogP contribution in [0.4, 0.5) is 0 Å². The van der Waals surface area contributed by atoms with Gasteiger partial charge >= 0.3 is 11.6 Å². The van der Waals surface area contributed by atoms with Crippen molar-refractivity contribution < 1.29 is 18.7 Å². The number of esters is 1. The highest BCUT2D eigenvalue weighted by Gasteiger charge is 2.44. The Kier molecular flexibility index (Phi) is 4.90. The second kappa shape index (κ2) is 6.98. The molecule has 0 spiro atoms. The minimum absolute atomic E-state index is 0.0547. The lowest BCUT2D eigenvalue weighted by Gasteiger charge is -2.45. The molecule has 1 heterocycles. The summed E-state index contributed by atoms with van der Waals surface area (Å²) in [5.74, 6) is 0.420. The third-order valence-corrected chi connectivity index (χ3v) is 5.27. The van der Waals surface area contributed by atoms with Crippen molar-refractivity contribution in [1.82, 2.24) is 0 Å². The van der Waals surface area contributed by atoms with E-state index in [9.17, 15) is 9.59 Å². The van der Waals surface area contributed by atoms with E-state index in [4.69, 9.17) is 13.9 Å². The van der Waals surface area contributed by atoms with E-state index in [0.717, 1.165) is 23.8 Å². The fraction of sp³-hybridized carbons (Fsp3) is 0.429. The van der Waals surface area contributed by atoms with Crippen molar-refractivity contribution >= 4 is 16.9 Å². The van der Waals surface area contributed by atoms with Gasteiger partial charge in [0.1, 0.15) is 17.4 Å². The summed E-state index contributed by atoms with van der Waals surface area (Å²) in [6.45, 7) is 10.2. The van der Waals surface area contributed by atoms with E-state index in [0.29, 0.717) is 17.9 Å². The predicted molar refractivity (Wildman–Crippen MR) is 99.2 cm³/mol. The molecule has 1 aliphatic carbocycles. The number of hydrogen-bond donors (Lipinski definition) is 0. The van der Waals surface area contributed by atoms with Crippen molar-refractivity contribution in [2.75, 3.05) is 6.61 Å². The fourth-order valence-electron chi connectivity index (χ4n) is 3.67. The lowest BCUT2D eigenvalue weighted by atomic mass is 9.65. The van der Waals surface area contributed by atoms with Crippen molar-refractivity contribution in [1.29, 1.82) is 0 Å². The first-order chi connectivity index (χ1) is 12.3. The molecule has 2 atom stereocenters. The van der Waals surface area contributed by atoms with Gasteiger partial charge in [-0.3, -0.25) is 4.79 Å². The third-order valence-electron chi connectivity index (χ3n) is 5.27. The van der Waals surface area contributed by atoms with Crippen LogP contribution >= 0.6 is 0 Å². The Hall–Kier alpha value is -2.56. The topological polar surface area (TPSA) is 65.7 Å². The molecule has 1 aromatic carbocycles. The van der Waals surface area contributed by atoms with Crippen LogP contribution in [-0.2, 0) is 9.53 Å². The molecule has 5 nitrogen and oxygen atoms in total. The molecule has 0 bridgehead atoms. The van der Waals surface area contributed by atoms with Crippen LogP contribution in [0.5, 0.6) is 5.75 Å². The Morgan fingerprint density at radius 1 is 1.31 bits per heavy atom. The van der Waals surface area contributed by atoms with Gasteiger partial charge in [-0.25, -0.2) is 4.79 Å². The number of carbonyl (C=O) groups excluding carboxylic acids is 1. The van der Waals surface area contributed by atoms with Gasteiger partial charge in [-0.15, -0.1) is 0 Å². The highest BCUT2D eigenvalue weighted by molar-refractivity contribution is 5.77. The van der Waals surface area contributed by atoms with Crippen LogP contribution in [0.25, 0.3) is 11.0 Å². The Morgan fingerprint density at radius 3 is 2.77 bits per heavy atom. The summed E-state index contributed by atoms with van der Waals surface area (Å²) in [7, 11) is 0. The number of carbonyl (C=O) groups is 1. The van der Waals surface area contributed by atoms with Crippen molar-refractivity contribution in [3.8, 4) is 5.75 Å². The van der Waals surface area contributed by atoms with Crippen molar-refractivity contribution in [3.63, 3.8) is 0 Å². The lowest BCUT2D eigenvalue weighted by Crippen LogP contribution is -2.46. The summed E-state index contributed by atoms with van der Waals surface area (Å²) in [6.07, 6.45) is 1.43. The quantitative estimate of drug-likeness (QED) is 0.469. The maximum atomic E-state index is 11.4. The zero-order valence-electron chi connectivity index (χ0n) is 15.4. The molecule has 0 radical (unpaired) electrons. The molecule has 0 N–H and O–H groups in total. The van der Waals surface area contributed by atoms with E-state index in [1.165, 1.54) is 13.0 Å². The van der Waals surface area contributed by atoms with Crippen LogP contribution in [-0.4, -0.2) is 18.7 Å². The molecule has 5 heteroatoms. The Bertz CT molecular complexity index is 893. The van der Waals surface area contributed by atoms with Gasteiger partial charge in [0.25, 0.3) is 0 Å². The third kappa shape index (κ3) is 3.66. The molecule has 1 aromatic heterocycles. The summed E-state index contributed by atoms with van der Waals surface area (Å²) in [6, 6.07) is 8.55. The minimum atomic E-state index is -0.388. The molecule has 0 aliphatic heterocycles. The highest BCUT2D eigenvalue weighted by atomic mass is 16.5. The molecule has 1 saturated carbocycles. The van der Waals surface area contributed by atoms with Crippen LogP contribution in [0, 0.1) is 11.3 Å². The zero-order chi connectivity index (χ0) is 18.9. The number of rotatable bonds is 4. The van der Waals surface area contributed by atoms with Gasteiger partial charge < -0.3 is 13.9 Å². The average Bonchev–Trinajstić information content (AvgIpc) is 2.56. The monoisotopic (exact) mass is 356 g/mol. The summed E-state index contributed by atoms with van der Waals surface area (Å²) >= 11 is 0. The van der Waals surface area contributed by atoms with Gasteiger partial charge in [0.15, 0.2) is 0 Å². The minimum Gasteiger partial charge on any atom is -0.493 e. The van der Waals surface area contributed by atoms with Crippen LogP contribution in [0.2, 0.25) is 0 Å². The summed E-state index contributed by atoms with van der Waals surface area (Å²) in [5.41, 5.74) is 0.936. The van der Waals surface area contributed by atoms with Crippen LogP contribution < -0.4 is 10.4 Å². The van der Waals surface area contributed by atoms with E-state index in [1.54, 1.807) is 12.1 Å². The molecule has 26 heavy (non-hydrogen) atoms. The standard InChI is InChI=1S/C21H24O5/c1-13-5-9-19(25-14(2)22)21(3,4)17(13)12-24-16-8-6-15-7-10-20(23)26-18(15)11-16/h6-8,10-11,17,19H,1,5,9,12H2,2-4H3/t17-,19+/m0/s1. The maximum absolute atomic E-state index is 11.4. The van der Waals surface area contributed by atoms with Gasteiger partial charge in [-0.05, 0) is 31.0 Å². The fourth-order valence-corrected chi connectivity index (χ4v) is 3.67. The molecule has 3 rings (SSSR count). The second-order valence-corrected chi connectivity index (χ2v) is 7.43. The molecule has 1 aliphatic rings. The number of ether oxygens (including phenoxy) is 2. The van der Waals surface area contributed by atoms with Gasteiger partial charge in [-0.2, -0.15) is 0 Å². The average molecular weight is 356 g/mol. The SMILES string of the molecule is C=C1CC[C@@H](OC(C)=O)C(C)(C)[C@H]1COc1ccc2ccc(=O)oc2c1. The Morgan fingerprint density at radius 2 is 2.04 bits per heavy atom. The van der Waals surface area contributed by atoms with E-state index in [2.05, 4.69) is 20.4 Å². The van der Waals surface area contributed by atoms with E-state index in [1.807, 2.05) is 12.1 Å². The summed E-state index contributed by atoms with van der Waals surface area (Å²) < 4.78 is 16.7. The number of benzene rings is 1. The Labute approximate surface area is 152 Å². The van der Waals surface area contributed by atoms with Gasteiger partial charge in [0.05, 0.1) is 6.61 Å². The van der Waals surface area contributed by atoms with Crippen molar-refractivity contribution in [2.45, 2.75) is 39.7 Å². The largest absolute Gasteiger partial charge is 0.493 e. The Balaban J connectivity index is 1.77. The molecular formula is C21H24O5. The first-order valence-corrected chi connectivity index (χ1v) is 8.79. The van der Waals surface area contributed by atoms with Crippen LogP contribution in [0.15, 0.2) is 51.7 Å². The maximum Gasteiger partial charge on any atom is 0.336 e. The molecular weight excluding hydrogens is 332 g/mol.